The van der Waals surface area contributed by atoms with Gasteiger partial charge >= 0.3 is 0 Å². The zero-order valence-corrected chi connectivity index (χ0v) is 12.3. The number of sulfonamides is 1. The summed E-state index contributed by atoms with van der Waals surface area (Å²) in [4.78, 5) is 7.93. The molecule has 0 spiro atoms. The van der Waals surface area contributed by atoms with Gasteiger partial charge in [-0.1, -0.05) is 0 Å². The van der Waals surface area contributed by atoms with Gasteiger partial charge in [-0.05, 0) is 43.5 Å². The Kier molecular flexibility index (Phi) is 3.63. The number of benzene rings is 1. The van der Waals surface area contributed by atoms with Crippen molar-refractivity contribution in [2.75, 3.05) is 10.5 Å². The fourth-order valence-electron chi connectivity index (χ4n) is 1.98. The van der Waals surface area contributed by atoms with Crippen molar-refractivity contribution in [2.45, 2.75) is 25.7 Å². The van der Waals surface area contributed by atoms with Crippen LogP contribution in [0.2, 0.25) is 0 Å². The average molecular weight is 292 g/mol. The second kappa shape index (κ2) is 5.09. The molecule has 0 fully saturated rings. The van der Waals surface area contributed by atoms with Crippen molar-refractivity contribution < 1.29 is 8.42 Å². The summed E-state index contributed by atoms with van der Waals surface area (Å²) in [5.74, 6) is 0.173. The molecule has 2 rings (SSSR count). The Morgan fingerprint density at radius 1 is 1.15 bits per heavy atom. The van der Waals surface area contributed by atoms with Gasteiger partial charge in [0.2, 0.25) is 0 Å². The van der Waals surface area contributed by atoms with Gasteiger partial charge in [0.1, 0.15) is 0 Å². The van der Waals surface area contributed by atoms with Gasteiger partial charge in [0.15, 0.2) is 5.82 Å². The highest BCUT2D eigenvalue weighted by Crippen LogP contribution is 2.28. The minimum atomic E-state index is -3.75. The van der Waals surface area contributed by atoms with Crippen molar-refractivity contribution in [1.82, 2.24) is 9.97 Å². The topological polar surface area (TPSA) is 98.0 Å². The maximum atomic E-state index is 12.5. The molecule has 0 bridgehead atoms. The van der Waals surface area contributed by atoms with Gasteiger partial charge in [-0.3, -0.25) is 9.71 Å². The molecule has 7 heteroatoms. The van der Waals surface area contributed by atoms with E-state index in [4.69, 9.17) is 5.73 Å². The van der Waals surface area contributed by atoms with Crippen LogP contribution in [0.15, 0.2) is 29.6 Å². The van der Waals surface area contributed by atoms with Crippen LogP contribution in [0.4, 0.5) is 11.5 Å². The van der Waals surface area contributed by atoms with E-state index in [1.165, 1.54) is 18.6 Å². The molecule has 106 valence electrons. The Hall–Kier alpha value is -2.15. The predicted octanol–water partition coefficient (Wildman–Crippen LogP) is 1.78. The number of aromatic nitrogens is 2. The van der Waals surface area contributed by atoms with Gasteiger partial charge < -0.3 is 5.73 Å². The number of nitrogens with one attached hydrogen (secondary N) is 1. The highest BCUT2D eigenvalue weighted by Gasteiger charge is 2.22. The Morgan fingerprint density at radius 3 is 2.45 bits per heavy atom. The van der Waals surface area contributed by atoms with E-state index in [9.17, 15) is 8.42 Å². The number of nitrogens with two attached hydrogens (primary N) is 1. The summed E-state index contributed by atoms with van der Waals surface area (Å²) >= 11 is 0. The molecule has 6 nitrogen and oxygen atoms in total. The second-order valence-corrected chi connectivity index (χ2v) is 6.18. The van der Waals surface area contributed by atoms with E-state index in [0.29, 0.717) is 16.8 Å². The first-order chi connectivity index (χ1) is 9.33. The molecular weight excluding hydrogens is 276 g/mol. The third-order valence-corrected chi connectivity index (χ3v) is 4.78. The maximum absolute atomic E-state index is 12.5. The van der Waals surface area contributed by atoms with Gasteiger partial charge in [-0.2, -0.15) is 0 Å². The zero-order chi connectivity index (χ0) is 14.9. The molecule has 0 unspecified atom stereocenters. The molecule has 0 saturated heterocycles. The second-order valence-electron chi connectivity index (χ2n) is 4.56. The lowest BCUT2D eigenvalue weighted by Crippen LogP contribution is -2.18. The van der Waals surface area contributed by atoms with Crippen LogP contribution in [0, 0.1) is 20.8 Å². The fraction of sp³-hybridized carbons (Fsp3) is 0.231. The summed E-state index contributed by atoms with van der Waals surface area (Å²) in [5.41, 5.74) is 8.34. The maximum Gasteiger partial charge on any atom is 0.263 e. The van der Waals surface area contributed by atoms with Crippen LogP contribution in [0.25, 0.3) is 0 Å². The number of rotatable bonds is 3. The minimum absolute atomic E-state index is 0.173. The molecule has 0 aliphatic heterocycles. The standard InChI is InChI=1S/C13H16N4O2S/c1-8-6-11(14)10(3)13(9(8)2)20(18,19)17-12-7-15-4-5-16-12/h4-7H,14H2,1-3H3,(H,16,17). The molecule has 2 aromatic rings. The summed E-state index contributed by atoms with van der Waals surface area (Å²) in [6, 6.07) is 1.77. The molecular formula is C13H16N4O2S. The van der Waals surface area contributed by atoms with Crippen LogP contribution in [0.5, 0.6) is 0 Å². The van der Waals surface area contributed by atoms with E-state index in [1.54, 1.807) is 19.9 Å². The van der Waals surface area contributed by atoms with Crippen LogP contribution in [-0.4, -0.2) is 18.4 Å². The molecule has 1 heterocycles. The van der Waals surface area contributed by atoms with Crippen molar-refractivity contribution >= 4 is 21.5 Å². The van der Waals surface area contributed by atoms with E-state index in [2.05, 4.69) is 14.7 Å². The highest BCUT2D eigenvalue weighted by atomic mass is 32.2. The van der Waals surface area contributed by atoms with Crippen LogP contribution in [0.3, 0.4) is 0 Å². The SMILES string of the molecule is Cc1cc(N)c(C)c(S(=O)(=O)Nc2cnccn2)c1C. The van der Waals surface area contributed by atoms with E-state index < -0.39 is 10.0 Å². The molecule has 20 heavy (non-hydrogen) atoms. The van der Waals surface area contributed by atoms with E-state index in [0.717, 1.165) is 5.56 Å². The molecule has 0 aliphatic carbocycles. The fourth-order valence-corrected chi connectivity index (χ4v) is 3.55. The van der Waals surface area contributed by atoms with Crippen LogP contribution < -0.4 is 10.5 Å². The Balaban J connectivity index is 2.56. The molecule has 0 aliphatic rings. The first-order valence-corrected chi connectivity index (χ1v) is 7.46. The first kappa shape index (κ1) is 14.3. The predicted molar refractivity (Wildman–Crippen MR) is 77.9 cm³/mol. The van der Waals surface area contributed by atoms with Crippen LogP contribution in [-0.2, 0) is 10.0 Å². The summed E-state index contributed by atoms with van der Waals surface area (Å²) in [6.07, 6.45) is 4.24. The normalized spacial score (nSPS) is 11.3. The van der Waals surface area contributed by atoms with Crippen molar-refractivity contribution in [2.24, 2.45) is 0 Å². The third-order valence-electron chi connectivity index (χ3n) is 3.15. The molecule has 3 N–H and O–H groups in total. The van der Waals surface area contributed by atoms with Crippen molar-refractivity contribution in [3.8, 4) is 0 Å². The molecule has 1 aromatic carbocycles. The minimum Gasteiger partial charge on any atom is -0.398 e. The monoisotopic (exact) mass is 292 g/mol. The number of hydrogen-bond acceptors (Lipinski definition) is 5. The lowest BCUT2D eigenvalue weighted by molar-refractivity contribution is 0.599. The summed E-state index contributed by atoms with van der Waals surface area (Å²) in [5, 5.41) is 0. The van der Waals surface area contributed by atoms with E-state index in [-0.39, 0.29) is 10.7 Å². The first-order valence-electron chi connectivity index (χ1n) is 5.98. The van der Waals surface area contributed by atoms with Crippen molar-refractivity contribution in [1.29, 1.82) is 0 Å². The Labute approximate surface area is 118 Å². The van der Waals surface area contributed by atoms with Crippen LogP contribution >= 0.6 is 0 Å². The number of nitrogen functional groups attached to an aromatic ring is 1. The number of hydrogen-bond donors (Lipinski definition) is 2. The number of nitrogens with zero attached hydrogens (tertiary/aromatic N) is 2. The van der Waals surface area contributed by atoms with Gasteiger partial charge in [0.05, 0.1) is 11.1 Å². The van der Waals surface area contributed by atoms with Gasteiger partial charge in [0, 0.05) is 18.1 Å². The van der Waals surface area contributed by atoms with E-state index in [1.807, 2.05) is 6.92 Å². The number of aryl methyl sites for hydroxylation is 1. The quantitative estimate of drug-likeness (QED) is 0.840. The molecule has 0 radical (unpaired) electrons. The lowest BCUT2D eigenvalue weighted by atomic mass is 10.1. The van der Waals surface area contributed by atoms with Gasteiger partial charge in [-0.15, -0.1) is 0 Å². The summed E-state index contributed by atoms with van der Waals surface area (Å²) < 4.78 is 27.4. The Morgan fingerprint density at radius 2 is 1.85 bits per heavy atom. The molecule has 0 atom stereocenters. The number of anilines is 2. The highest BCUT2D eigenvalue weighted by molar-refractivity contribution is 7.92. The average Bonchev–Trinajstić information content (AvgIpc) is 2.37. The summed E-state index contributed by atoms with van der Waals surface area (Å²) in [6.45, 7) is 5.27. The largest absolute Gasteiger partial charge is 0.398 e. The zero-order valence-electron chi connectivity index (χ0n) is 11.5. The molecule has 0 saturated carbocycles. The third kappa shape index (κ3) is 2.57. The van der Waals surface area contributed by atoms with Crippen LogP contribution in [0.1, 0.15) is 16.7 Å². The lowest BCUT2D eigenvalue weighted by Gasteiger charge is -2.15. The smallest absolute Gasteiger partial charge is 0.263 e. The molecule has 0 amide bonds. The van der Waals surface area contributed by atoms with E-state index >= 15 is 0 Å². The Bertz CT molecular complexity index is 716. The van der Waals surface area contributed by atoms with Crippen molar-refractivity contribution in [3.05, 3.63) is 41.3 Å². The van der Waals surface area contributed by atoms with Gasteiger partial charge in [-0.25, -0.2) is 13.4 Å². The molecule has 1 aromatic heterocycles. The summed E-state index contributed by atoms with van der Waals surface area (Å²) in [7, 11) is -3.75. The van der Waals surface area contributed by atoms with Gasteiger partial charge in [0.25, 0.3) is 10.0 Å². The van der Waals surface area contributed by atoms with Crippen molar-refractivity contribution in [3.63, 3.8) is 0 Å².